The van der Waals surface area contributed by atoms with Gasteiger partial charge in [-0.05, 0) is 49.1 Å². The van der Waals surface area contributed by atoms with E-state index in [1.54, 1.807) is 19.1 Å². The number of aryl methyl sites for hydroxylation is 1. The number of carbonyl (C=O) groups is 1. The number of nitrogens with one attached hydrogen (secondary N) is 2. The number of fused-ring (bicyclic) bond motifs is 1. The van der Waals surface area contributed by atoms with Gasteiger partial charge in [0.15, 0.2) is 0 Å². The molecule has 0 aliphatic carbocycles. The Hall–Kier alpha value is -2.90. The van der Waals surface area contributed by atoms with Crippen LogP contribution in [0, 0.1) is 6.92 Å². The predicted octanol–water partition coefficient (Wildman–Crippen LogP) is 3.46. The summed E-state index contributed by atoms with van der Waals surface area (Å²) in [4.78, 5) is 12.7. The summed E-state index contributed by atoms with van der Waals surface area (Å²) in [7, 11) is -2.33. The third-order valence-corrected chi connectivity index (χ3v) is 5.99. The Morgan fingerprint density at radius 1 is 1.04 bits per heavy atom. The van der Waals surface area contributed by atoms with Crippen LogP contribution in [-0.2, 0) is 14.8 Å². The van der Waals surface area contributed by atoms with Crippen LogP contribution in [-0.4, -0.2) is 27.5 Å². The summed E-state index contributed by atoms with van der Waals surface area (Å²) in [5.41, 5.74) is 1.33. The normalized spacial score (nSPS) is 12.5. The van der Waals surface area contributed by atoms with Crippen LogP contribution in [0.5, 0.6) is 5.75 Å². The zero-order valence-electron chi connectivity index (χ0n) is 15.9. The van der Waals surface area contributed by atoms with Gasteiger partial charge in [-0.3, -0.25) is 4.79 Å². The van der Waals surface area contributed by atoms with Gasteiger partial charge in [0.2, 0.25) is 15.9 Å². The minimum atomic E-state index is -3.85. The Labute approximate surface area is 164 Å². The van der Waals surface area contributed by atoms with E-state index >= 15 is 0 Å². The summed E-state index contributed by atoms with van der Waals surface area (Å²) in [6, 6.07) is 16.8. The summed E-state index contributed by atoms with van der Waals surface area (Å²) in [5.74, 6) is 0.158. The van der Waals surface area contributed by atoms with E-state index in [-0.39, 0.29) is 4.90 Å². The number of ether oxygens (including phenoxy) is 1. The molecule has 2 N–H and O–H groups in total. The van der Waals surface area contributed by atoms with Crippen molar-refractivity contribution in [3.05, 3.63) is 66.2 Å². The van der Waals surface area contributed by atoms with E-state index in [9.17, 15) is 13.2 Å². The fourth-order valence-corrected chi connectivity index (χ4v) is 4.24. The maximum atomic E-state index is 12.6. The van der Waals surface area contributed by atoms with E-state index in [2.05, 4.69) is 10.0 Å². The number of benzene rings is 3. The van der Waals surface area contributed by atoms with E-state index in [4.69, 9.17) is 4.74 Å². The molecule has 0 aliphatic heterocycles. The highest BCUT2D eigenvalue weighted by atomic mass is 32.2. The van der Waals surface area contributed by atoms with Gasteiger partial charge in [-0.2, -0.15) is 4.72 Å². The van der Waals surface area contributed by atoms with Crippen molar-refractivity contribution in [1.29, 1.82) is 0 Å². The summed E-state index contributed by atoms with van der Waals surface area (Å²) in [5, 5.41) is 4.68. The quantitative estimate of drug-likeness (QED) is 0.666. The Morgan fingerprint density at radius 3 is 2.46 bits per heavy atom. The lowest BCUT2D eigenvalue weighted by Crippen LogP contribution is -2.41. The molecule has 0 radical (unpaired) electrons. The van der Waals surface area contributed by atoms with Gasteiger partial charge in [0.05, 0.1) is 18.0 Å². The first-order valence-corrected chi connectivity index (χ1v) is 10.3. The number of sulfonamides is 1. The minimum absolute atomic E-state index is 0.0793. The Balaban J connectivity index is 1.77. The van der Waals surface area contributed by atoms with Crippen molar-refractivity contribution in [3.8, 4) is 5.75 Å². The van der Waals surface area contributed by atoms with E-state index < -0.39 is 22.0 Å². The average molecular weight is 398 g/mol. The number of anilines is 1. The predicted molar refractivity (Wildman–Crippen MR) is 110 cm³/mol. The Morgan fingerprint density at radius 2 is 1.75 bits per heavy atom. The summed E-state index contributed by atoms with van der Waals surface area (Å²) < 4.78 is 32.8. The summed E-state index contributed by atoms with van der Waals surface area (Å²) in [6.07, 6.45) is 0. The van der Waals surface area contributed by atoms with E-state index in [0.717, 1.165) is 10.8 Å². The number of rotatable bonds is 6. The second kappa shape index (κ2) is 8.00. The molecule has 0 unspecified atom stereocenters. The number of hydrogen-bond acceptors (Lipinski definition) is 4. The van der Waals surface area contributed by atoms with Crippen LogP contribution < -0.4 is 14.8 Å². The van der Waals surface area contributed by atoms with Crippen molar-refractivity contribution in [3.63, 3.8) is 0 Å². The van der Waals surface area contributed by atoms with Crippen LogP contribution in [0.3, 0.4) is 0 Å². The molecule has 3 rings (SSSR count). The van der Waals surface area contributed by atoms with Gasteiger partial charge in [-0.1, -0.05) is 36.4 Å². The van der Waals surface area contributed by atoms with Crippen LogP contribution in [0.15, 0.2) is 65.6 Å². The fraction of sp³-hybridized carbons (Fsp3) is 0.190. The Kier molecular flexibility index (Phi) is 5.67. The first-order chi connectivity index (χ1) is 13.3. The van der Waals surface area contributed by atoms with Crippen molar-refractivity contribution in [2.24, 2.45) is 0 Å². The number of carbonyl (C=O) groups excluding carboxylic acids is 1. The van der Waals surface area contributed by atoms with Crippen molar-refractivity contribution >= 4 is 32.4 Å². The fourth-order valence-electron chi connectivity index (χ4n) is 2.95. The third-order valence-electron chi connectivity index (χ3n) is 4.45. The van der Waals surface area contributed by atoms with Crippen molar-refractivity contribution < 1.29 is 17.9 Å². The van der Waals surface area contributed by atoms with Gasteiger partial charge in [0, 0.05) is 11.1 Å². The van der Waals surface area contributed by atoms with Gasteiger partial charge >= 0.3 is 0 Å². The molecule has 3 aromatic carbocycles. The number of hydrogen-bond donors (Lipinski definition) is 2. The third kappa shape index (κ3) is 4.16. The van der Waals surface area contributed by atoms with Crippen molar-refractivity contribution in [2.75, 3.05) is 12.4 Å². The zero-order valence-corrected chi connectivity index (χ0v) is 16.7. The molecule has 0 spiro atoms. The van der Waals surface area contributed by atoms with Crippen molar-refractivity contribution in [1.82, 2.24) is 4.72 Å². The minimum Gasteiger partial charge on any atom is -0.496 e. The molecule has 0 aromatic heterocycles. The number of amides is 1. The van der Waals surface area contributed by atoms with Gasteiger partial charge < -0.3 is 10.1 Å². The first-order valence-electron chi connectivity index (χ1n) is 8.77. The van der Waals surface area contributed by atoms with Gasteiger partial charge in [-0.15, -0.1) is 0 Å². The molecule has 28 heavy (non-hydrogen) atoms. The lowest BCUT2D eigenvalue weighted by atomic mass is 10.1. The highest BCUT2D eigenvalue weighted by Crippen LogP contribution is 2.24. The summed E-state index contributed by atoms with van der Waals surface area (Å²) >= 11 is 0. The lowest BCUT2D eigenvalue weighted by molar-refractivity contribution is -0.117. The molecule has 0 saturated heterocycles. The highest BCUT2D eigenvalue weighted by molar-refractivity contribution is 7.89. The maximum Gasteiger partial charge on any atom is 0.242 e. The smallest absolute Gasteiger partial charge is 0.242 e. The van der Waals surface area contributed by atoms with Gasteiger partial charge in [0.25, 0.3) is 0 Å². The monoisotopic (exact) mass is 398 g/mol. The van der Waals surface area contributed by atoms with E-state index in [1.807, 2.05) is 36.4 Å². The number of methoxy groups -OCH3 is 1. The molecule has 6 nitrogen and oxygen atoms in total. The highest BCUT2D eigenvalue weighted by Gasteiger charge is 2.23. The molecule has 0 heterocycles. The van der Waals surface area contributed by atoms with Crippen LogP contribution in [0.25, 0.3) is 10.8 Å². The molecule has 1 atom stereocenters. The first kappa shape index (κ1) is 19.9. The molecule has 3 aromatic rings. The largest absolute Gasteiger partial charge is 0.496 e. The summed E-state index contributed by atoms with van der Waals surface area (Å²) in [6.45, 7) is 3.27. The molecule has 0 fully saturated rings. The van der Waals surface area contributed by atoms with E-state index in [0.29, 0.717) is 17.0 Å². The zero-order chi connectivity index (χ0) is 20.3. The van der Waals surface area contributed by atoms with Crippen molar-refractivity contribution in [2.45, 2.75) is 24.8 Å². The molecule has 146 valence electrons. The maximum absolute atomic E-state index is 12.6. The molecule has 7 heteroatoms. The standard InChI is InChI=1S/C21H22N2O4S/c1-14-13-17(11-12-20(14)27-3)28(25,26)23-15(2)21(24)22-19-10-6-8-16-7-4-5-9-18(16)19/h4-13,15,23H,1-3H3,(H,22,24)/t15-/m0/s1. The molecule has 0 saturated carbocycles. The lowest BCUT2D eigenvalue weighted by Gasteiger charge is -2.16. The second-order valence-corrected chi connectivity index (χ2v) is 8.20. The van der Waals surface area contributed by atoms with Crippen LogP contribution in [0.1, 0.15) is 12.5 Å². The second-order valence-electron chi connectivity index (χ2n) is 6.49. The molecular weight excluding hydrogens is 376 g/mol. The molecular formula is C21H22N2O4S. The molecule has 1 amide bonds. The Bertz CT molecular complexity index is 1120. The van der Waals surface area contributed by atoms with Crippen LogP contribution in [0.4, 0.5) is 5.69 Å². The molecule has 0 bridgehead atoms. The van der Waals surface area contributed by atoms with Gasteiger partial charge in [0.1, 0.15) is 5.75 Å². The van der Waals surface area contributed by atoms with E-state index in [1.165, 1.54) is 26.2 Å². The van der Waals surface area contributed by atoms with Crippen LogP contribution in [0.2, 0.25) is 0 Å². The SMILES string of the molecule is COc1ccc(S(=O)(=O)N[C@@H](C)C(=O)Nc2cccc3ccccc23)cc1C. The average Bonchev–Trinajstić information content (AvgIpc) is 2.67. The topological polar surface area (TPSA) is 84.5 Å². The van der Waals surface area contributed by atoms with Crippen LogP contribution >= 0.6 is 0 Å². The molecule has 0 aliphatic rings. The van der Waals surface area contributed by atoms with Gasteiger partial charge in [-0.25, -0.2) is 8.42 Å².